The molecule has 0 atom stereocenters. The van der Waals surface area contributed by atoms with Gasteiger partial charge in [0.25, 0.3) is 0 Å². The fourth-order valence-corrected chi connectivity index (χ4v) is 19.4. The minimum Gasteiger partial charge on any atom is -0.399 e. The first-order chi connectivity index (χ1) is 58.1. The molecule has 20 aromatic rings. The molecule has 1 saturated heterocycles. The van der Waals surface area contributed by atoms with Crippen LogP contribution >= 0.6 is 56.9 Å². The van der Waals surface area contributed by atoms with Crippen molar-refractivity contribution in [1.29, 1.82) is 0 Å². The van der Waals surface area contributed by atoms with E-state index < -0.39 is 36.3 Å². The molecule has 14 heteroatoms. The van der Waals surface area contributed by atoms with Crippen LogP contribution in [0.2, 0.25) is 5.28 Å². The largest absolute Gasteiger partial charge is 0.494 e. The van der Waals surface area contributed by atoms with Crippen LogP contribution in [0.3, 0.4) is 0 Å². The van der Waals surface area contributed by atoms with Crippen molar-refractivity contribution in [2.75, 3.05) is 0 Å². The predicted molar refractivity (Wildman–Crippen MR) is 467 cm³/mol. The van der Waals surface area contributed by atoms with Gasteiger partial charge in [0.2, 0.25) is 5.28 Å². The summed E-state index contributed by atoms with van der Waals surface area (Å²) in [7, 11) is -0.320. The van der Waals surface area contributed by atoms with Crippen LogP contribution < -0.4 is 5.46 Å². The summed E-state index contributed by atoms with van der Waals surface area (Å²) in [6.45, 7) is 8.35. The van der Waals surface area contributed by atoms with Gasteiger partial charge in [-0.1, -0.05) is 291 Å². The fraction of sp³-hybridized carbons (Fsp3) is 0.0625. The zero-order chi connectivity index (χ0) is 82.7. The number of nitrogens with zero attached hydrogens (tertiary/aromatic N) is 6. The van der Waals surface area contributed by atoms with Crippen molar-refractivity contribution in [2.24, 2.45) is 0 Å². The van der Waals surface area contributed by atoms with E-state index in [4.69, 9.17) is 54.6 Å². The third-order valence-electron chi connectivity index (χ3n) is 20.4. The van der Waals surface area contributed by atoms with Gasteiger partial charge in [0, 0.05) is 109 Å². The number of hydrogen-bond acceptors (Lipinski definition) is 12. The standard InChI is InChI=1S/C45H27N3S2.C27H16ClN3S.C24H23BO2S/c1-2-12-28(13-3-1)31-14-4-5-17-37(31)44-46-43(47-45(48-44)38-21-11-20-36-34-16-7-9-23-40(34)50-42(36)38)30-26-24-29(25-27-30)32-18-10-19-35-33-15-6-8-22-39(33)49-41(32)35;28-27-30-25(21-13-5-4-11-18(21)17-9-2-1-3-10-17)29-26(31-27)22-15-8-14-20-19-12-6-7-16-23(19)32-24(20)22;1-23(2)24(3,4)27-25(26-23)17-14-12-16(13-15-17)18-9-7-10-20-19-8-5-6-11-21(19)28-22(18)20/h1-27H;1-16H;5-15H,1-4H3/i1D,2D,3D,12D,13D;1D,2D,3D,9D,10D;. The summed E-state index contributed by atoms with van der Waals surface area (Å²) in [6, 6.07) is 86.1. The topological polar surface area (TPSA) is 95.8 Å². The second kappa shape index (κ2) is 28.7. The van der Waals surface area contributed by atoms with Crippen molar-refractivity contribution in [2.45, 2.75) is 38.9 Å². The van der Waals surface area contributed by atoms with Crippen molar-refractivity contribution < 1.29 is 23.0 Å². The van der Waals surface area contributed by atoms with E-state index >= 15 is 0 Å². The quantitative estimate of drug-likeness (QED) is 0.125. The number of aromatic nitrogens is 6. The molecule has 0 aliphatic carbocycles. The van der Waals surface area contributed by atoms with E-state index in [-0.39, 0.29) is 64.7 Å². The van der Waals surface area contributed by atoms with Gasteiger partial charge in [-0.3, -0.25) is 0 Å². The molecule has 1 aliphatic heterocycles. The lowest BCUT2D eigenvalue weighted by Crippen LogP contribution is -2.41. The van der Waals surface area contributed by atoms with E-state index in [1.54, 1.807) is 70.4 Å². The van der Waals surface area contributed by atoms with Gasteiger partial charge in [-0.2, -0.15) is 9.97 Å². The Morgan fingerprint density at radius 1 is 0.273 bits per heavy atom. The number of rotatable bonds is 10. The molecule has 0 bridgehead atoms. The highest BCUT2D eigenvalue weighted by Gasteiger charge is 2.51. The molecule has 0 saturated carbocycles. The molecule has 1 fully saturated rings. The first-order valence-corrected chi connectivity index (χ1v) is 39.4. The minimum absolute atomic E-state index is 0.00558. The maximum Gasteiger partial charge on any atom is 0.494 e. The van der Waals surface area contributed by atoms with Gasteiger partial charge in [-0.25, -0.2) is 19.9 Å². The van der Waals surface area contributed by atoms with E-state index in [2.05, 4.69) is 195 Å². The molecule has 0 N–H and O–H groups in total. The van der Waals surface area contributed by atoms with Crippen LogP contribution in [-0.2, 0) is 9.31 Å². The summed E-state index contributed by atoms with van der Waals surface area (Å²) >= 11 is 13.4. The van der Waals surface area contributed by atoms with Crippen LogP contribution in [0.4, 0.5) is 0 Å². The van der Waals surface area contributed by atoms with Gasteiger partial charge in [-0.05, 0) is 126 Å². The Morgan fingerprint density at radius 3 is 0.955 bits per heavy atom. The maximum absolute atomic E-state index is 8.78. The Bertz CT molecular complexity index is 7500. The Morgan fingerprint density at radius 2 is 0.555 bits per heavy atom. The van der Waals surface area contributed by atoms with Crippen LogP contribution in [0.1, 0.15) is 41.4 Å². The summed E-state index contributed by atoms with van der Waals surface area (Å²) in [5.74, 6) is 1.91. The fourth-order valence-electron chi connectivity index (χ4n) is 14.3. The van der Waals surface area contributed by atoms with E-state index in [0.717, 1.165) is 73.6 Å². The molecule has 6 aromatic heterocycles. The van der Waals surface area contributed by atoms with Crippen molar-refractivity contribution in [3.63, 3.8) is 0 Å². The normalized spacial score (nSPS) is 14.5. The van der Waals surface area contributed by atoms with Gasteiger partial charge in [0.15, 0.2) is 29.1 Å². The predicted octanol–water partition coefficient (Wildman–Crippen LogP) is 26.9. The summed E-state index contributed by atoms with van der Waals surface area (Å²) in [5, 5.41) is 9.66. The molecule has 1 aliphatic rings. The molecular formula is C96H66BClN6O2S4. The van der Waals surface area contributed by atoms with Crippen LogP contribution in [0.25, 0.3) is 182 Å². The molecule has 0 amide bonds. The maximum atomic E-state index is 8.78. The molecule has 7 heterocycles. The monoisotopic (exact) mass is 1520 g/mol. The highest BCUT2D eigenvalue weighted by atomic mass is 35.5. The molecule has 110 heavy (non-hydrogen) atoms. The van der Waals surface area contributed by atoms with E-state index in [0.29, 0.717) is 45.6 Å². The molecule has 0 radical (unpaired) electrons. The van der Waals surface area contributed by atoms with Crippen molar-refractivity contribution in [3.8, 4) is 101 Å². The Labute approximate surface area is 671 Å². The van der Waals surface area contributed by atoms with Crippen molar-refractivity contribution in [3.05, 3.63) is 333 Å². The Hall–Kier alpha value is -11.7. The van der Waals surface area contributed by atoms with Crippen LogP contribution in [0, 0.1) is 0 Å². The van der Waals surface area contributed by atoms with E-state index in [1.165, 1.54) is 51.5 Å². The summed E-state index contributed by atoms with van der Waals surface area (Å²) < 4.78 is 105. The molecule has 14 aromatic carbocycles. The van der Waals surface area contributed by atoms with Crippen molar-refractivity contribution in [1.82, 2.24) is 29.9 Å². The van der Waals surface area contributed by atoms with Crippen LogP contribution in [0.5, 0.6) is 0 Å². The molecule has 8 nitrogen and oxygen atoms in total. The smallest absolute Gasteiger partial charge is 0.399 e. The molecule has 526 valence electrons. The zero-order valence-electron chi connectivity index (χ0n) is 69.5. The summed E-state index contributed by atoms with van der Waals surface area (Å²) in [5.41, 5.74) is 9.65. The number of benzene rings is 14. The molecule has 21 rings (SSSR count). The number of fused-ring (bicyclic) bond motifs is 12. The average Bonchev–Trinajstić information content (AvgIpc) is 1.12. The van der Waals surface area contributed by atoms with Gasteiger partial charge in [0.1, 0.15) is 0 Å². The Kier molecular flexibility index (Phi) is 15.2. The highest BCUT2D eigenvalue weighted by Crippen LogP contribution is 2.46. The summed E-state index contributed by atoms with van der Waals surface area (Å²) in [4.78, 5) is 28.7. The lowest BCUT2D eigenvalue weighted by molar-refractivity contribution is 0.00578. The number of thiophene rings is 4. The molecule has 0 unspecified atom stereocenters. The first-order valence-electron chi connectivity index (χ1n) is 40.8. The van der Waals surface area contributed by atoms with Crippen LogP contribution in [-0.4, -0.2) is 48.2 Å². The first kappa shape index (κ1) is 58.3. The third-order valence-corrected chi connectivity index (χ3v) is 25.5. The number of hydrogen-bond donors (Lipinski definition) is 0. The Balaban J connectivity index is 0.000000127. The third kappa shape index (κ3) is 12.8. The van der Waals surface area contributed by atoms with Gasteiger partial charge >= 0.3 is 7.12 Å². The molecule has 0 spiro atoms. The van der Waals surface area contributed by atoms with E-state index in [1.807, 2.05) is 84.1 Å². The van der Waals surface area contributed by atoms with Crippen LogP contribution in [0.15, 0.2) is 327 Å². The second-order valence-electron chi connectivity index (χ2n) is 27.6. The van der Waals surface area contributed by atoms with E-state index in [9.17, 15) is 0 Å². The minimum atomic E-state index is -0.446. The highest BCUT2D eigenvalue weighted by molar-refractivity contribution is 7.27. The average molecular weight is 1520 g/mol. The lowest BCUT2D eigenvalue weighted by Gasteiger charge is -2.32. The van der Waals surface area contributed by atoms with Gasteiger partial charge < -0.3 is 9.31 Å². The second-order valence-corrected chi connectivity index (χ2v) is 32.1. The number of halogens is 1. The van der Waals surface area contributed by atoms with Crippen molar-refractivity contribution >= 4 is 150 Å². The lowest BCUT2D eigenvalue weighted by atomic mass is 9.78. The SMILES string of the molecule is CC1(C)OB(c2ccc(-c3cccc4c3sc3ccccc34)cc2)OC1(C)C.[2H]c1c([2H])c([2H])c(-c2ccccc2-c2nc(-c3ccc(-c4cccc5c4sc4ccccc45)cc3)nc(-c3cccc4c3sc3ccccc34)n2)c([2H])c1[2H].[2H]c1c([2H])c([2H])c(-c2ccccc2-c2nc(Cl)nc(-c3cccc4c3sc3ccccc34)n2)c([2H])c1[2H]. The summed E-state index contributed by atoms with van der Waals surface area (Å²) in [6.07, 6.45) is 0. The van der Waals surface area contributed by atoms with Gasteiger partial charge in [0.05, 0.1) is 24.9 Å². The zero-order valence-corrected chi connectivity index (χ0v) is 63.5. The van der Waals surface area contributed by atoms with Gasteiger partial charge in [-0.15, -0.1) is 45.3 Å². The molecular weight excluding hydrogens is 1440 g/mol.